The van der Waals surface area contributed by atoms with Crippen LogP contribution in [0.3, 0.4) is 0 Å². The van der Waals surface area contributed by atoms with Crippen molar-refractivity contribution in [2.45, 2.75) is 37.7 Å². The number of ether oxygens (including phenoxy) is 1. The number of esters is 1. The highest BCUT2D eigenvalue weighted by Gasteiger charge is 2.23. The van der Waals surface area contributed by atoms with Gasteiger partial charge in [-0.05, 0) is 43.7 Å². The van der Waals surface area contributed by atoms with E-state index in [9.17, 15) is 9.90 Å². The summed E-state index contributed by atoms with van der Waals surface area (Å²) in [4.78, 5) is 11.9. The van der Waals surface area contributed by atoms with Crippen LogP contribution in [0.4, 0.5) is 0 Å². The fourth-order valence-corrected chi connectivity index (χ4v) is 2.95. The summed E-state index contributed by atoms with van der Waals surface area (Å²) in [6.07, 6.45) is 3.79. The van der Waals surface area contributed by atoms with E-state index in [0.717, 1.165) is 37.8 Å². The zero-order valence-electron chi connectivity index (χ0n) is 12.6. The third-order valence-corrected chi connectivity index (χ3v) is 4.29. The molecule has 0 aliphatic heterocycles. The summed E-state index contributed by atoms with van der Waals surface area (Å²) in [7, 11) is 1.43. The molecular formula is C17H25NO3. The first-order chi connectivity index (χ1) is 10.2. The SMILES string of the molecule is COC(=O)C(CNCC1CCC(O)CC1)c1ccccc1. The Balaban J connectivity index is 1.84. The van der Waals surface area contributed by atoms with Gasteiger partial charge in [0.1, 0.15) is 0 Å². The summed E-state index contributed by atoms with van der Waals surface area (Å²) in [6.45, 7) is 1.49. The molecule has 116 valence electrons. The Morgan fingerprint density at radius 3 is 2.57 bits per heavy atom. The third-order valence-electron chi connectivity index (χ3n) is 4.29. The Morgan fingerprint density at radius 2 is 1.95 bits per heavy atom. The normalized spacial score (nSPS) is 23.5. The monoisotopic (exact) mass is 291 g/mol. The summed E-state index contributed by atoms with van der Waals surface area (Å²) >= 11 is 0. The first-order valence-electron chi connectivity index (χ1n) is 7.72. The molecule has 21 heavy (non-hydrogen) atoms. The Morgan fingerprint density at radius 1 is 1.29 bits per heavy atom. The van der Waals surface area contributed by atoms with Crippen LogP contribution in [0.1, 0.15) is 37.2 Å². The number of rotatable bonds is 6. The van der Waals surface area contributed by atoms with Gasteiger partial charge in [-0.2, -0.15) is 0 Å². The molecule has 2 rings (SSSR count). The van der Waals surface area contributed by atoms with Crippen molar-refractivity contribution >= 4 is 5.97 Å². The summed E-state index contributed by atoms with van der Waals surface area (Å²) in [5, 5.41) is 12.9. The predicted octanol–water partition coefficient (Wildman–Crippen LogP) is 2.08. The number of aliphatic hydroxyl groups excluding tert-OH is 1. The predicted molar refractivity (Wildman–Crippen MR) is 82.0 cm³/mol. The number of benzene rings is 1. The number of methoxy groups -OCH3 is 1. The van der Waals surface area contributed by atoms with Gasteiger partial charge in [0.2, 0.25) is 0 Å². The second kappa shape index (κ2) is 8.15. The van der Waals surface area contributed by atoms with Crippen LogP contribution >= 0.6 is 0 Å². The standard InChI is InChI=1S/C17H25NO3/c1-21-17(20)16(14-5-3-2-4-6-14)12-18-11-13-7-9-15(19)10-8-13/h2-6,13,15-16,18-19H,7-12H2,1H3. The molecule has 0 saturated heterocycles. The van der Waals surface area contributed by atoms with Gasteiger partial charge in [0.05, 0.1) is 19.1 Å². The van der Waals surface area contributed by atoms with E-state index in [4.69, 9.17) is 4.74 Å². The number of carbonyl (C=O) groups is 1. The highest BCUT2D eigenvalue weighted by Crippen LogP contribution is 2.24. The summed E-state index contributed by atoms with van der Waals surface area (Å²) in [6, 6.07) is 9.74. The van der Waals surface area contributed by atoms with E-state index >= 15 is 0 Å². The van der Waals surface area contributed by atoms with Gasteiger partial charge in [-0.1, -0.05) is 30.3 Å². The average Bonchev–Trinajstić information content (AvgIpc) is 2.53. The van der Waals surface area contributed by atoms with Gasteiger partial charge in [-0.3, -0.25) is 4.79 Å². The zero-order valence-corrected chi connectivity index (χ0v) is 12.6. The minimum absolute atomic E-state index is 0.117. The van der Waals surface area contributed by atoms with E-state index in [2.05, 4.69) is 5.32 Å². The average molecular weight is 291 g/mol. The maximum Gasteiger partial charge on any atom is 0.314 e. The van der Waals surface area contributed by atoms with Crippen molar-refractivity contribution in [2.75, 3.05) is 20.2 Å². The van der Waals surface area contributed by atoms with Gasteiger partial charge < -0.3 is 15.2 Å². The van der Waals surface area contributed by atoms with E-state index in [0.29, 0.717) is 12.5 Å². The molecule has 1 atom stereocenters. The van der Waals surface area contributed by atoms with Crippen molar-refractivity contribution in [2.24, 2.45) is 5.92 Å². The lowest BCUT2D eigenvalue weighted by Gasteiger charge is -2.26. The fraction of sp³-hybridized carbons (Fsp3) is 0.588. The number of hydrogen-bond acceptors (Lipinski definition) is 4. The van der Waals surface area contributed by atoms with Crippen molar-refractivity contribution in [1.29, 1.82) is 0 Å². The molecule has 1 fully saturated rings. The zero-order chi connectivity index (χ0) is 15.1. The van der Waals surface area contributed by atoms with Gasteiger partial charge in [0.25, 0.3) is 0 Å². The lowest BCUT2D eigenvalue weighted by atomic mass is 9.87. The van der Waals surface area contributed by atoms with Crippen LogP contribution in [-0.4, -0.2) is 37.4 Å². The van der Waals surface area contributed by atoms with Crippen molar-refractivity contribution in [1.82, 2.24) is 5.32 Å². The van der Waals surface area contributed by atoms with E-state index in [1.165, 1.54) is 7.11 Å². The van der Waals surface area contributed by atoms with Crippen molar-refractivity contribution in [3.05, 3.63) is 35.9 Å². The lowest BCUT2D eigenvalue weighted by Crippen LogP contribution is -2.33. The Labute approximate surface area is 126 Å². The van der Waals surface area contributed by atoms with E-state index < -0.39 is 0 Å². The molecule has 1 aliphatic rings. The summed E-state index contributed by atoms with van der Waals surface area (Å²) < 4.78 is 4.91. The third kappa shape index (κ3) is 4.83. The molecular weight excluding hydrogens is 266 g/mol. The molecule has 1 unspecified atom stereocenters. The molecule has 4 nitrogen and oxygen atoms in total. The largest absolute Gasteiger partial charge is 0.469 e. The minimum Gasteiger partial charge on any atom is -0.469 e. The summed E-state index contributed by atoms with van der Waals surface area (Å²) in [5.41, 5.74) is 0.982. The van der Waals surface area contributed by atoms with Gasteiger partial charge in [-0.25, -0.2) is 0 Å². The number of nitrogens with one attached hydrogen (secondary N) is 1. The first kappa shape index (κ1) is 16.0. The Hall–Kier alpha value is -1.39. The molecule has 0 amide bonds. The van der Waals surface area contributed by atoms with Crippen molar-refractivity contribution < 1.29 is 14.6 Å². The highest BCUT2D eigenvalue weighted by atomic mass is 16.5. The van der Waals surface area contributed by atoms with E-state index in [1.807, 2.05) is 30.3 Å². The molecule has 0 spiro atoms. The molecule has 0 radical (unpaired) electrons. The molecule has 1 aromatic rings. The van der Waals surface area contributed by atoms with Crippen molar-refractivity contribution in [3.63, 3.8) is 0 Å². The van der Waals surface area contributed by atoms with E-state index in [1.54, 1.807) is 0 Å². The molecule has 2 N–H and O–H groups in total. The van der Waals surface area contributed by atoms with Crippen LogP contribution in [0.15, 0.2) is 30.3 Å². The Bertz CT molecular complexity index is 427. The van der Waals surface area contributed by atoms with Gasteiger partial charge in [0.15, 0.2) is 0 Å². The second-order valence-electron chi connectivity index (χ2n) is 5.82. The number of aliphatic hydroxyl groups is 1. The van der Waals surface area contributed by atoms with Crippen molar-refractivity contribution in [3.8, 4) is 0 Å². The molecule has 0 heterocycles. The van der Waals surface area contributed by atoms with Gasteiger partial charge in [0, 0.05) is 6.54 Å². The molecule has 0 aromatic heterocycles. The second-order valence-corrected chi connectivity index (χ2v) is 5.82. The number of carbonyl (C=O) groups excluding carboxylic acids is 1. The smallest absolute Gasteiger partial charge is 0.314 e. The van der Waals surface area contributed by atoms with Crippen LogP contribution in [-0.2, 0) is 9.53 Å². The number of hydrogen-bond donors (Lipinski definition) is 2. The minimum atomic E-state index is -0.259. The first-order valence-corrected chi connectivity index (χ1v) is 7.72. The maximum atomic E-state index is 11.9. The quantitative estimate of drug-likeness (QED) is 0.788. The molecule has 1 aromatic carbocycles. The van der Waals surface area contributed by atoms with Crippen LogP contribution < -0.4 is 5.32 Å². The topological polar surface area (TPSA) is 58.6 Å². The maximum absolute atomic E-state index is 11.9. The van der Waals surface area contributed by atoms with Crippen LogP contribution in [0.5, 0.6) is 0 Å². The van der Waals surface area contributed by atoms with Gasteiger partial charge in [-0.15, -0.1) is 0 Å². The van der Waals surface area contributed by atoms with Crippen LogP contribution in [0, 0.1) is 5.92 Å². The van der Waals surface area contributed by atoms with Gasteiger partial charge >= 0.3 is 5.97 Å². The van der Waals surface area contributed by atoms with E-state index in [-0.39, 0.29) is 18.0 Å². The molecule has 1 aliphatic carbocycles. The summed E-state index contributed by atoms with van der Waals surface area (Å²) in [5.74, 6) is 0.139. The van der Waals surface area contributed by atoms with Crippen LogP contribution in [0.25, 0.3) is 0 Å². The molecule has 4 heteroatoms. The van der Waals surface area contributed by atoms with Crippen LogP contribution in [0.2, 0.25) is 0 Å². The lowest BCUT2D eigenvalue weighted by molar-refractivity contribution is -0.142. The fourth-order valence-electron chi connectivity index (χ4n) is 2.95. The molecule has 0 bridgehead atoms. The highest BCUT2D eigenvalue weighted by molar-refractivity contribution is 5.78. The molecule has 1 saturated carbocycles. The Kier molecular flexibility index (Phi) is 6.21.